The summed E-state index contributed by atoms with van der Waals surface area (Å²) in [4.78, 5) is 35.0. The fourth-order valence-corrected chi connectivity index (χ4v) is 4.27. The van der Waals surface area contributed by atoms with E-state index in [1.54, 1.807) is 62.1 Å². The molecule has 0 saturated carbocycles. The van der Waals surface area contributed by atoms with Gasteiger partial charge in [0.1, 0.15) is 11.5 Å². The van der Waals surface area contributed by atoms with Crippen LogP contribution >= 0.6 is 0 Å². The summed E-state index contributed by atoms with van der Waals surface area (Å²) in [7, 11) is 1.57. The molecule has 7 nitrogen and oxygen atoms in total. The number of methoxy groups -OCH3 is 1. The van der Waals surface area contributed by atoms with Gasteiger partial charge in [-0.15, -0.1) is 0 Å². The highest BCUT2D eigenvalue weighted by Crippen LogP contribution is 2.41. The first-order chi connectivity index (χ1) is 16.1. The van der Waals surface area contributed by atoms with Crippen LogP contribution in [0.2, 0.25) is 0 Å². The van der Waals surface area contributed by atoms with Gasteiger partial charge in [0.25, 0.3) is 11.7 Å². The molecule has 5 rings (SSSR count). The van der Waals surface area contributed by atoms with Gasteiger partial charge in [-0.3, -0.25) is 14.6 Å². The van der Waals surface area contributed by atoms with Crippen molar-refractivity contribution in [2.75, 3.05) is 7.11 Å². The van der Waals surface area contributed by atoms with E-state index in [1.165, 1.54) is 4.90 Å². The minimum absolute atomic E-state index is 0.0592. The number of ketones is 1. The van der Waals surface area contributed by atoms with Crippen LogP contribution in [0.1, 0.15) is 22.7 Å². The van der Waals surface area contributed by atoms with Crippen LogP contribution < -0.4 is 4.74 Å². The fraction of sp³-hybridized carbons (Fsp3) is 0.115. The number of benzene rings is 2. The van der Waals surface area contributed by atoms with Crippen molar-refractivity contribution in [3.63, 3.8) is 0 Å². The summed E-state index contributed by atoms with van der Waals surface area (Å²) in [6.45, 7) is 0.203. The molecule has 0 aliphatic carbocycles. The number of amides is 1. The number of nitrogens with one attached hydrogen (secondary N) is 1. The largest absolute Gasteiger partial charge is 0.507 e. The molecule has 2 aromatic carbocycles. The summed E-state index contributed by atoms with van der Waals surface area (Å²) in [5.41, 5.74) is 2.89. The number of hydrogen-bond donors (Lipinski definition) is 2. The van der Waals surface area contributed by atoms with Crippen LogP contribution in [-0.4, -0.2) is 38.8 Å². The zero-order chi connectivity index (χ0) is 22.9. The van der Waals surface area contributed by atoms with Crippen LogP contribution in [0.5, 0.6) is 5.75 Å². The van der Waals surface area contributed by atoms with Crippen LogP contribution in [0.15, 0.2) is 84.8 Å². The average Bonchev–Trinajstić information content (AvgIpc) is 3.39. The van der Waals surface area contributed by atoms with Gasteiger partial charge in [-0.25, -0.2) is 0 Å². The van der Waals surface area contributed by atoms with Crippen LogP contribution in [0.3, 0.4) is 0 Å². The van der Waals surface area contributed by atoms with Gasteiger partial charge in [0.15, 0.2) is 0 Å². The lowest BCUT2D eigenvalue weighted by Gasteiger charge is -2.25. The maximum atomic E-state index is 13.2. The molecule has 1 saturated heterocycles. The summed E-state index contributed by atoms with van der Waals surface area (Å²) in [6.07, 6.45) is 4.93. The van der Waals surface area contributed by atoms with Crippen molar-refractivity contribution in [1.29, 1.82) is 0 Å². The second-order valence-corrected chi connectivity index (χ2v) is 7.80. The molecule has 1 amide bonds. The first-order valence-corrected chi connectivity index (χ1v) is 10.5. The lowest BCUT2D eigenvalue weighted by molar-refractivity contribution is -0.140. The molecular formula is C26H21N3O4. The van der Waals surface area contributed by atoms with E-state index in [2.05, 4.69) is 9.97 Å². The minimum atomic E-state index is -0.752. The third-order valence-corrected chi connectivity index (χ3v) is 5.92. The molecule has 1 aliphatic heterocycles. The lowest BCUT2D eigenvalue weighted by atomic mass is 9.95. The van der Waals surface area contributed by atoms with E-state index in [4.69, 9.17) is 4.74 Å². The predicted molar refractivity (Wildman–Crippen MR) is 123 cm³/mol. The number of Topliss-reactive ketones (excluding diaryl/α,β-unsaturated/α-hetero) is 1. The van der Waals surface area contributed by atoms with E-state index in [9.17, 15) is 14.7 Å². The summed E-state index contributed by atoms with van der Waals surface area (Å²) < 4.78 is 5.26. The quantitative estimate of drug-likeness (QED) is 0.276. The summed E-state index contributed by atoms with van der Waals surface area (Å²) in [6, 6.07) is 17.5. The number of para-hydroxylation sites is 1. The Kier molecular flexibility index (Phi) is 5.14. The Morgan fingerprint density at radius 3 is 2.52 bits per heavy atom. The molecule has 2 aromatic heterocycles. The predicted octanol–water partition coefficient (Wildman–Crippen LogP) is 4.19. The standard InChI is InChI=1S/C26H21N3O4/c1-33-18-8-6-17(7-9-18)23-22(24(30)20-14-28-21-5-3-2-4-19(20)21)25(31)26(32)29(23)15-16-10-12-27-13-11-16/h2-14,23,28,30H,15H2,1H3/b24-22-. The number of fused-ring (bicyclic) bond motifs is 1. The topological polar surface area (TPSA) is 95.5 Å². The van der Waals surface area contributed by atoms with Crippen molar-refractivity contribution in [2.24, 2.45) is 0 Å². The Hall–Kier alpha value is -4.39. The molecule has 0 bridgehead atoms. The second kappa shape index (κ2) is 8.27. The first kappa shape index (κ1) is 20.5. The van der Waals surface area contributed by atoms with Crippen LogP contribution in [-0.2, 0) is 16.1 Å². The number of rotatable bonds is 5. The number of carbonyl (C=O) groups is 2. The Labute approximate surface area is 190 Å². The Balaban J connectivity index is 1.68. The third kappa shape index (κ3) is 3.53. The Morgan fingerprint density at radius 2 is 1.79 bits per heavy atom. The Bertz CT molecular complexity index is 1370. The molecule has 1 aliphatic rings. The van der Waals surface area contributed by atoms with Gasteiger partial charge >= 0.3 is 0 Å². The van der Waals surface area contributed by atoms with Crippen LogP contribution in [0, 0.1) is 0 Å². The minimum Gasteiger partial charge on any atom is -0.507 e. The van der Waals surface area contributed by atoms with E-state index >= 15 is 0 Å². The normalized spacial score (nSPS) is 17.6. The van der Waals surface area contributed by atoms with Crippen molar-refractivity contribution in [1.82, 2.24) is 14.9 Å². The van der Waals surface area contributed by atoms with E-state index in [1.807, 2.05) is 24.3 Å². The molecule has 2 N–H and O–H groups in total. The molecule has 1 unspecified atom stereocenters. The zero-order valence-electron chi connectivity index (χ0n) is 17.9. The number of carbonyl (C=O) groups excluding carboxylic acids is 2. The third-order valence-electron chi connectivity index (χ3n) is 5.92. The maximum absolute atomic E-state index is 13.2. The van der Waals surface area contributed by atoms with E-state index in [0.717, 1.165) is 16.5 Å². The second-order valence-electron chi connectivity index (χ2n) is 7.80. The number of ether oxygens (including phenoxy) is 1. The Morgan fingerprint density at radius 1 is 1.06 bits per heavy atom. The smallest absolute Gasteiger partial charge is 0.295 e. The number of H-pyrrole nitrogens is 1. The van der Waals surface area contributed by atoms with E-state index < -0.39 is 17.7 Å². The van der Waals surface area contributed by atoms with Crippen molar-refractivity contribution in [2.45, 2.75) is 12.6 Å². The van der Waals surface area contributed by atoms with Gasteiger partial charge in [-0.05, 0) is 41.5 Å². The zero-order valence-corrected chi connectivity index (χ0v) is 17.9. The average molecular weight is 439 g/mol. The SMILES string of the molecule is COc1ccc(C2/C(=C(/O)c3c[nH]c4ccccc34)C(=O)C(=O)N2Cc2ccncc2)cc1. The molecule has 33 heavy (non-hydrogen) atoms. The number of likely N-dealkylation sites (tertiary alicyclic amines) is 1. The van der Waals surface area contributed by atoms with Gasteiger partial charge < -0.3 is 19.7 Å². The highest BCUT2D eigenvalue weighted by Gasteiger charge is 2.46. The summed E-state index contributed by atoms with van der Waals surface area (Å²) in [5, 5.41) is 12.1. The summed E-state index contributed by atoms with van der Waals surface area (Å²) in [5.74, 6) is -0.924. The monoisotopic (exact) mass is 439 g/mol. The van der Waals surface area contributed by atoms with Gasteiger partial charge in [0.2, 0.25) is 0 Å². The number of aliphatic hydroxyl groups is 1. The van der Waals surface area contributed by atoms with Crippen molar-refractivity contribution >= 4 is 28.4 Å². The van der Waals surface area contributed by atoms with Crippen molar-refractivity contribution < 1.29 is 19.4 Å². The number of aliphatic hydroxyl groups excluding tert-OH is 1. The van der Waals surface area contributed by atoms with Gasteiger partial charge in [-0.2, -0.15) is 0 Å². The number of aromatic nitrogens is 2. The molecule has 3 heterocycles. The first-order valence-electron chi connectivity index (χ1n) is 10.5. The van der Waals surface area contributed by atoms with Gasteiger partial charge in [-0.1, -0.05) is 30.3 Å². The molecule has 0 radical (unpaired) electrons. The molecular weight excluding hydrogens is 418 g/mol. The molecule has 1 atom stereocenters. The van der Waals surface area contributed by atoms with Crippen molar-refractivity contribution in [3.05, 3.63) is 102 Å². The molecule has 164 valence electrons. The number of aromatic amines is 1. The maximum Gasteiger partial charge on any atom is 0.295 e. The number of nitrogens with zero attached hydrogens (tertiary/aromatic N) is 2. The van der Waals surface area contributed by atoms with E-state index in [0.29, 0.717) is 16.9 Å². The summed E-state index contributed by atoms with van der Waals surface area (Å²) >= 11 is 0. The molecule has 1 fully saturated rings. The van der Waals surface area contributed by atoms with E-state index in [-0.39, 0.29) is 17.9 Å². The van der Waals surface area contributed by atoms with Gasteiger partial charge in [0.05, 0.1) is 18.7 Å². The molecule has 4 aromatic rings. The lowest BCUT2D eigenvalue weighted by Crippen LogP contribution is -2.29. The number of pyridine rings is 1. The van der Waals surface area contributed by atoms with Crippen molar-refractivity contribution in [3.8, 4) is 5.75 Å². The van der Waals surface area contributed by atoms with Crippen LogP contribution in [0.25, 0.3) is 16.7 Å². The highest BCUT2D eigenvalue weighted by atomic mass is 16.5. The highest BCUT2D eigenvalue weighted by molar-refractivity contribution is 6.46. The molecule has 0 spiro atoms. The fourth-order valence-electron chi connectivity index (χ4n) is 4.27. The molecule has 7 heteroatoms. The van der Waals surface area contributed by atoms with Gasteiger partial charge in [0, 0.05) is 41.6 Å². The van der Waals surface area contributed by atoms with Crippen LogP contribution in [0.4, 0.5) is 0 Å². The number of hydrogen-bond acceptors (Lipinski definition) is 5.